The molecule has 1 aromatic carbocycles. The number of nitrogens with one attached hydrogen (secondary N) is 1. The number of hydrogen-bond donors (Lipinski definition) is 1. The Balaban J connectivity index is 1.62. The Labute approximate surface area is 163 Å². The number of aryl methyl sites for hydroxylation is 1. The minimum Gasteiger partial charge on any atom is -0.378 e. The molecule has 2 aliphatic heterocycles. The van der Waals surface area contributed by atoms with Crippen LogP contribution >= 0.6 is 0 Å². The zero-order chi connectivity index (χ0) is 18.9. The van der Waals surface area contributed by atoms with Gasteiger partial charge in [-0.05, 0) is 13.0 Å². The SMILES string of the molecule is Cc1cccc(-c2nc3nc(N4CCOCC4)nc(N4CCOCC4)c3[nH]2)c1. The topological polar surface area (TPSA) is 79.4 Å². The number of rotatable bonds is 3. The number of nitrogens with zero attached hydrogens (tertiary/aromatic N) is 5. The first kappa shape index (κ1) is 17.4. The second kappa shape index (κ2) is 7.37. The van der Waals surface area contributed by atoms with Gasteiger partial charge in [0.25, 0.3) is 0 Å². The van der Waals surface area contributed by atoms with Crippen molar-refractivity contribution in [3.8, 4) is 11.4 Å². The molecule has 0 spiro atoms. The average molecular weight is 380 g/mol. The molecule has 146 valence electrons. The van der Waals surface area contributed by atoms with Crippen molar-refractivity contribution in [1.82, 2.24) is 19.9 Å². The molecule has 4 heterocycles. The fourth-order valence-corrected chi connectivity index (χ4v) is 3.71. The summed E-state index contributed by atoms with van der Waals surface area (Å²) in [6, 6.07) is 8.32. The molecule has 2 aliphatic rings. The minimum atomic E-state index is 0.698. The maximum Gasteiger partial charge on any atom is 0.229 e. The minimum absolute atomic E-state index is 0.698. The second-order valence-corrected chi connectivity index (χ2v) is 7.20. The lowest BCUT2D eigenvalue weighted by Gasteiger charge is -2.30. The molecule has 0 bridgehead atoms. The van der Waals surface area contributed by atoms with Crippen LogP contribution in [0.1, 0.15) is 5.56 Å². The zero-order valence-corrected chi connectivity index (χ0v) is 16.0. The molecule has 0 unspecified atom stereocenters. The van der Waals surface area contributed by atoms with Crippen molar-refractivity contribution < 1.29 is 9.47 Å². The molecular formula is C20H24N6O2. The van der Waals surface area contributed by atoms with Gasteiger partial charge in [0.1, 0.15) is 11.3 Å². The number of anilines is 2. The van der Waals surface area contributed by atoms with Gasteiger partial charge in [-0.15, -0.1) is 0 Å². The summed E-state index contributed by atoms with van der Waals surface area (Å²) in [7, 11) is 0. The lowest BCUT2D eigenvalue weighted by molar-refractivity contribution is 0.121. The fraction of sp³-hybridized carbons (Fsp3) is 0.450. The van der Waals surface area contributed by atoms with Crippen LogP contribution in [0.15, 0.2) is 24.3 Å². The van der Waals surface area contributed by atoms with Crippen LogP contribution in [0.5, 0.6) is 0 Å². The number of benzene rings is 1. The van der Waals surface area contributed by atoms with Gasteiger partial charge in [-0.2, -0.15) is 9.97 Å². The van der Waals surface area contributed by atoms with Gasteiger partial charge >= 0.3 is 0 Å². The second-order valence-electron chi connectivity index (χ2n) is 7.20. The third-order valence-electron chi connectivity index (χ3n) is 5.22. The number of H-pyrrole nitrogens is 1. The lowest BCUT2D eigenvalue weighted by atomic mass is 10.1. The van der Waals surface area contributed by atoms with Gasteiger partial charge in [0, 0.05) is 31.7 Å². The highest BCUT2D eigenvalue weighted by atomic mass is 16.5. The molecule has 8 nitrogen and oxygen atoms in total. The molecule has 28 heavy (non-hydrogen) atoms. The van der Waals surface area contributed by atoms with E-state index in [1.54, 1.807) is 0 Å². The summed E-state index contributed by atoms with van der Waals surface area (Å²) in [5.41, 5.74) is 3.84. The molecule has 8 heteroatoms. The largest absolute Gasteiger partial charge is 0.378 e. The Morgan fingerprint density at radius 2 is 1.61 bits per heavy atom. The van der Waals surface area contributed by atoms with Crippen LogP contribution in [0.3, 0.4) is 0 Å². The molecule has 0 aliphatic carbocycles. The Hall–Kier alpha value is -2.71. The number of aromatic nitrogens is 4. The van der Waals surface area contributed by atoms with Gasteiger partial charge in [-0.3, -0.25) is 0 Å². The summed E-state index contributed by atoms with van der Waals surface area (Å²) in [5.74, 6) is 2.45. The number of hydrogen-bond acceptors (Lipinski definition) is 7. The third kappa shape index (κ3) is 3.29. The smallest absolute Gasteiger partial charge is 0.229 e. The molecule has 3 aromatic rings. The van der Waals surface area contributed by atoms with E-state index in [2.05, 4.69) is 39.9 Å². The Morgan fingerprint density at radius 1 is 0.893 bits per heavy atom. The highest BCUT2D eigenvalue weighted by Crippen LogP contribution is 2.29. The molecule has 5 rings (SSSR count). The molecule has 0 saturated carbocycles. The standard InChI is InChI=1S/C20H24N6O2/c1-14-3-2-4-15(13-14)17-21-16-18(22-17)23-20(26-7-11-28-12-8-26)24-19(16)25-5-9-27-10-6-25/h2-4,13H,5-12H2,1H3,(H,21,22,23,24). The predicted molar refractivity (Wildman–Crippen MR) is 108 cm³/mol. The predicted octanol–water partition coefficient (Wildman–Crippen LogP) is 2.00. The van der Waals surface area contributed by atoms with Crippen LogP contribution < -0.4 is 9.80 Å². The molecule has 2 saturated heterocycles. The first-order chi connectivity index (χ1) is 13.8. The van der Waals surface area contributed by atoms with E-state index in [1.165, 1.54) is 5.56 Å². The number of morpholine rings is 2. The number of aromatic amines is 1. The van der Waals surface area contributed by atoms with Crippen LogP contribution in [0.25, 0.3) is 22.6 Å². The number of imidazole rings is 1. The zero-order valence-electron chi connectivity index (χ0n) is 16.0. The van der Waals surface area contributed by atoms with Crippen molar-refractivity contribution >= 4 is 22.9 Å². The average Bonchev–Trinajstić information content (AvgIpc) is 3.19. The van der Waals surface area contributed by atoms with E-state index >= 15 is 0 Å². The Morgan fingerprint density at radius 3 is 2.32 bits per heavy atom. The van der Waals surface area contributed by atoms with Gasteiger partial charge in [-0.1, -0.05) is 23.8 Å². The van der Waals surface area contributed by atoms with E-state index in [9.17, 15) is 0 Å². The molecule has 1 N–H and O–H groups in total. The normalized spacial score (nSPS) is 18.0. The number of fused-ring (bicyclic) bond motifs is 1. The molecule has 2 aromatic heterocycles. The monoisotopic (exact) mass is 380 g/mol. The quantitative estimate of drug-likeness (QED) is 0.744. The lowest BCUT2D eigenvalue weighted by Crippen LogP contribution is -2.39. The van der Waals surface area contributed by atoms with Gasteiger partial charge in [-0.25, -0.2) is 4.98 Å². The summed E-state index contributed by atoms with van der Waals surface area (Å²) in [6.45, 7) is 8.11. The molecule has 0 atom stereocenters. The Kier molecular flexibility index (Phi) is 4.58. The van der Waals surface area contributed by atoms with Crippen molar-refractivity contribution in [3.63, 3.8) is 0 Å². The fourth-order valence-electron chi connectivity index (χ4n) is 3.71. The number of ether oxygens (including phenoxy) is 2. The van der Waals surface area contributed by atoms with Crippen molar-refractivity contribution in [2.75, 3.05) is 62.4 Å². The van der Waals surface area contributed by atoms with E-state index in [0.29, 0.717) is 32.1 Å². The maximum atomic E-state index is 5.53. The summed E-state index contributed by atoms with van der Waals surface area (Å²) >= 11 is 0. The van der Waals surface area contributed by atoms with E-state index in [1.807, 2.05) is 6.07 Å². The van der Waals surface area contributed by atoms with E-state index in [-0.39, 0.29) is 0 Å². The van der Waals surface area contributed by atoms with Crippen LogP contribution in [0.2, 0.25) is 0 Å². The van der Waals surface area contributed by atoms with Gasteiger partial charge in [0.05, 0.1) is 26.4 Å². The van der Waals surface area contributed by atoms with Gasteiger partial charge in [0.15, 0.2) is 11.5 Å². The molecular weight excluding hydrogens is 356 g/mol. The summed E-state index contributed by atoms with van der Waals surface area (Å²) in [6.07, 6.45) is 0. The first-order valence-corrected chi connectivity index (χ1v) is 9.78. The third-order valence-corrected chi connectivity index (χ3v) is 5.22. The highest BCUT2D eigenvalue weighted by Gasteiger charge is 2.23. The maximum absolute atomic E-state index is 5.53. The molecule has 2 fully saturated rings. The highest BCUT2D eigenvalue weighted by molar-refractivity contribution is 5.87. The van der Waals surface area contributed by atoms with E-state index < -0.39 is 0 Å². The van der Waals surface area contributed by atoms with Gasteiger partial charge < -0.3 is 24.3 Å². The van der Waals surface area contributed by atoms with Crippen LogP contribution in [0.4, 0.5) is 11.8 Å². The Bertz CT molecular complexity index is 976. The van der Waals surface area contributed by atoms with E-state index in [0.717, 1.165) is 54.8 Å². The van der Waals surface area contributed by atoms with Crippen molar-refractivity contribution in [2.24, 2.45) is 0 Å². The van der Waals surface area contributed by atoms with Crippen molar-refractivity contribution in [1.29, 1.82) is 0 Å². The van der Waals surface area contributed by atoms with E-state index in [4.69, 9.17) is 24.4 Å². The van der Waals surface area contributed by atoms with Crippen LogP contribution in [0, 0.1) is 6.92 Å². The summed E-state index contributed by atoms with van der Waals surface area (Å²) in [5, 5.41) is 0. The van der Waals surface area contributed by atoms with Gasteiger partial charge in [0.2, 0.25) is 5.95 Å². The molecule has 0 amide bonds. The van der Waals surface area contributed by atoms with Crippen LogP contribution in [-0.4, -0.2) is 72.5 Å². The summed E-state index contributed by atoms with van der Waals surface area (Å²) < 4.78 is 11.0. The van der Waals surface area contributed by atoms with Crippen LogP contribution in [-0.2, 0) is 9.47 Å². The van der Waals surface area contributed by atoms with Crippen molar-refractivity contribution in [2.45, 2.75) is 6.92 Å². The van der Waals surface area contributed by atoms with Crippen molar-refractivity contribution in [3.05, 3.63) is 29.8 Å². The molecule has 0 radical (unpaired) electrons. The first-order valence-electron chi connectivity index (χ1n) is 9.78. The summed E-state index contributed by atoms with van der Waals surface area (Å²) in [4.78, 5) is 22.4.